The van der Waals surface area contributed by atoms with Crippen LogP contribution in [0.25, 0.3) is 0 Å². The molecule has 30 heavy (non-hydrogen) atoms. The summed E-state index contributed by atoms with van der Waals surface area (Å²) in [6.45, 7) is -0.712. The van der Waals surface area contributed by atoms with Gasteiger partial charge in [0.1, 0.15) is 59.9 Å². The summed E-state index contributed by atoms with van der Waals surface area (Å²) in [5.41, 5.74) is 11.0. The zero-order valence-corrected chi connectivity index (χ0v) is 15.8. The quantitative estimate of drug-likeness (QED) is 0.0608. The van der Waals surface area contributed by atoms with Crippen LogP contribution in [0.2, 0.25) is 0 Å². The highest BCUT2D eigenvalue weighted by Crippen LogP contribution is 2.06. The van der Waals surface area contributed by atoms with Crippen molar-refractivity contribution in [2.24, 2.45) is 0 Å². The zero-order valence-electron chi connectivity index (χ0n) is 15.8. The van der Waals surface area contributed by atoms with Crippen LogP contribution in [-0.4, -0.2) is 131 Å². The molecule has 16 heteroatoms. The second-order valence-electron chi connectivity index (χ2n) is 5.57. The Kier molecular flexibility index (Phi) is 19.3. The van der Waals surface area contributed by atoms with Crippen molar-refractivity contribution >= 4 is 17.9 Å². The number of rotatable bonds is 11. The maximum atomic E-state index is 10.9. The number of ketones is 2. The van der Waals surface area contributed by atoms with E-state index in [1.165, 1.54) is 0 Å². The maximum Gasteiger partial charge on any atom is 0.229 e. The average molecular weight is 446 g/mol. The van der Waals surface area contributed by atoms with Gasteiger partial charge < -0.3 is 55.9 Å². The molecule has 0 spiro atoms. The van der Waals surface area contributed by atoms with Gasteiger partial charge in [0.2, 0.25) is 10.7 Å². The van der Waals surface area contributed by atoms with E-state index in [1.54, 1.807) is 0 Å². The van der Waals surface area contributed by atoms with Crippen molar-refractivity contribution in [3.8, 4) is 0 Å². The Morgan fingerprint density at radius 3 is 1.40 bits per heavy atom. The number of carbonyl (C=O) groups excluding carboxylic acids is 3. The molecular formula is C14H28N3O13+. The van der Waals surface area contributed by atoms with Crippen LogP contribution in [0, 0.1) is 11.1 Å². The van der Waals surface area contributed by atoms with Crippen LogP contribution in [-0.2, 0) is 14.4 Å². The predicted molar refractivity (Wildman–Crippen MR) is 91.6 cm³/mol. The van der Waals surface area contributed by atoms with Crippen LogP contribution in [0.1, 0.15) is 6.92 Å². The van der Waals surface area contributed by atoms with Gasteiger partial charge in [-0.15, -0.1) is 0 Å². The summed E-state index contributed by atoms with van der Waals surface area (Å²) < 4.78 is 0. The fourth-order valence-corrected chi connectivity index (χ4v) is 1.50. The van der Waals surface area contributed by atoms with E-state index >= 15 is 0 Å². The summed E-state index contributed by atoms with van der Waals surface area (Å²) in [4.78, 5) is 33.3. The maximum absolute atomic E-state index is 10.9. The van der Waals surface area contributed by atoms with E-state index in [-0.39, 0.29) is 6.29 Å². The number of Topliss-reactive ketones (excluding diaryl/α,β-unsaturated/α-hetero) is 2. The predicted octanol–water partition coefficient (Wildman–Crippen LogP) is -6.68. The number of aldehydes is 1. The number of nitrogens with zero attached hydrogens (tertiary/aromatic N) is 1. The lowest BCUT2D eigenvalue weighted by molar-refractivity contribution is -0.153. The molecule has 0 bridgehead atoms. The minimum Gasteiger partial charge on any atom is -0.394 e. The van der Waals surface area contributed by atoms with Crippen molar-refractivity contribution in [2.45, 2.75) is 55.8 Å². The normalized spacial score (nSPS) is 18.2. The first kappa shape index (κ1) is 32.6. The Balaban J connectivity index is -0.000000437. The average Bonchev–Trinajstić information content (AvgIpc) is 2.74. The Hall–Kier alpha value is -2.08. The van der Waals surface area contributed by atoms with Crippen LogP contribution in [0.15, 0.2) is 0 Å². The van der Waals surface area contributed by atoms with Gasteiger partial charge in [0, 0.05) is 6.92 Å². The van der Waals surface area contributed by atoms with E-state index < -0.39 is 73.6 Å². The van der Waals surface area contributed by atoms with Gasteiger partial charge in [0.05, 0.1) is 13.2 Å². The summed E-state index contributed by atoms with van der Waals surface area (Å²) in [6.07, 6.45) is -14.6. The molecule has 0 fully saturated rings. The van der Waals surface area contributed by atoms with Crippen molar-refractivity contribution in [2.75, 3.05) is 13.2 Å². The van der Waals surface area contributed by atoms with Crippen LogP contribution >= 0.6 is 0 Å². The molecule has 0 radical (unpaired) electrons. The number of hydrogen-bond donors (Lipinski definition) is 12. The van der Waals surface area contributed by atoms with E-state index in [0.717, 1.165) is 6.92 Å². The van der Waals surface area contributed by atoms with Gasteiger partial charge >= 0.3 is 0 Å². The Morgan fingerprint density at radius 1 is 0.800 bits per heavy atom. The van der Waals surface area contributed by atoms with E-state index in [2.05, 4.69) is 0 Å². The molecule has 12 N–H and O–H groups in total. The highest BCUT2D eigenvalue weighted by Gasteiger charge is 2.35. The van der Waals surface area contributed by atoms with Gasteiger partial charge in [0.15, 0.2) is 12.1 Å². The summed E-state index contributed by atoms with van der Waals surface area (Å²) >= 11 is 0. The molecule has 176 valence electrons. The van der Waals surface area contributed by atoms with E-state index in [4.69, 9.17) is 62.1 Å². The lowest BCUT2D eigenvalue weighted by Gasteiger charge is -2.24. The minimum atomic E-state index is -2.11. The first-order valence-electron chi connectivity index (χ1n) is 7.98. The lowest BCUT2D eigenvalue weighted by atomic mass is 9.99. The second kappa shape index (κ2) is 17.8. The summed E-state index contributed by atoms with van der Waals surface area (Å²) in [7, 11) is 0. The molecule has 0 aromatic carbocycles. The first-order valence-corrected chi connectivity index (χ1v) is 7.98. The number of carbonyl (C=O) groups is 3. The van der Waals surface area contributed by atoms with Gasteiger partial charge in [-0.05, 0) is 0 Å². The second-order valence-corrected chi connectivity index (χ2v) is 5.57. The summed E-state index contributed by atoms with van der Waals surface area (Å²) in [5, 5.41) is 88.2. The first-order chi connectivity index (χ1) is 13.8. The fraction of sp³-hybridized carbons (Fsp3) is 0.786. The molecular weight excluding hydrogens is 418 g/mol. The molecule has 0 rings (SSSR count). The SMILES string of the molecule is CC(=O)C(=O)C(O)C(O)C(O)C(O)CO.N=[N+]=N.O=CC(O)C(O)C(O)C(O)CO. The molecule has 0 saturated heterocycles. The van der Waals surface area contributed by atoms with E-state index in [1.807, 2.05) is 4.91 Å². The number of aliphatic hydroxyl groups excluding tert-OH is 10. The standard InChI is InChI=1S/C8H14O7.C6H12O6.H2N3/c1-3(10)5(12)7(14)8(15)6(13)4(11)2-9;7-1-3(9)5(11)6(12)4(10)2-8;1-3-2/h4,6-9,11,13-15H,2H2,1H3;1,3-6,8-12H,2H2;1-2H/q;;+1. The van der Waals surface area contributed by atoms with Crippen molar-refractivity contribution in [1.29, 1.82) is 11.1 Å². The number of hydrogen-bond acceptors (Lipinski definition) is 15. The molecule has 0 aromatic rings. The Morgan fingerprint density at radius 2 is 1.13 bits per heavy atom. The van der Waals surface area contributed by atoms with Gasteiger partial charge in [-0.3, -0.25) is 9.59 Å². The minimum absolute atomic E-state index is 0.0258. The monoisotopic (exact) mass is 446 g/mol. The van der Waals surface area contributed by atoms with Crippen LogP contribution in [0.3, 0.4) is 0 Å². The molecule has 0 amide bonds. The fourth-order valence-electron chi connectivity index (χ4n) is 1.50. The smallest absolute Gasteiger partial charge is 0.229 e. The van der Waals surface area contributed by atoms with Crippen molar-refractivity contribution in [3.05, 3.63) is 0 Å². The Bertz CT molecular complexity index is 543. The van der Waals surface area contributed by atoms with Crippen LogP contribution in [0.5, 0.6) is 0 Å². The highest BCUT2D eigenvalue weighted by molar-refractivity contribution is 6.38. The lowest BCUT2D eigenvalue weighted by Crippen LogP contribution is -2.49. The molecule has 0 saturated carbocycles. The largest absolute Gasteiger partial charge is 0.394 e. The van der Waals surface area contributed by atoms with Crippen molar-refractivity contribution in [3.63, 3.8) is 0 Å². The highest BCUT2D eigenvalue weighted by atomic mass is 16.4. The van der Waals surface area contributed by atoms with Crippen LogP contribution < -0.4 is 4.91 Å². The van der Waals surface area contributed by atoms with Crippen molar-refractivity contribution in [1.82, 2.24) is 4.91 Å². The molecule has 16 nitrogen and oxygen atoms in total. The zero-order chi connectivity index (χ0) is 24.6. The molecule has 0 aliphatic carbocycles. The van der Waals surface area contributed by atoms with E-state index in [9.17, 15) is 14.4 Å². The molecule has 0 heterocycles. The number of nitrogens with one attached hydrogen (secondary N) is 2. The third kappa shape index (κ3) is 12.5. The summed E-state index contributed by atoms with van der Waals surface area (Å²) in [6, 6.07) is 0. The third-order valence-electron chi connectivity index (χ3n) is 3.29. The Labute approximate surface area is 169 Å². The molecule has 8 atom stereocenters. The third-order valence-corrected chi connectivity index (χ3v) is 3.29. The summed E-state index contributed by atoms with van der Waals surface area (Å²) in [5.74, 6) is -2.25. The molecule has 0 aromatic heterocycles. The van der Waals surface area contributed by atoms with Gasteiger partial charge in [0.25, 0.3) is 0 Å². The molecule has 0 aliphatic heterocycles. The topological polar surface area (TPSA) is 315 Å². The van der Waals surface area contributed by atoms with E-state index in [0.29, 0.717) is 0 Å². The molecule has 8 unspecified atom stereocenters. The van der Waals surface area contributed by atoms with Gasteiger partial charge in [-0.2, -0.15) is 0 Å². The molecule has 0 aliphatic rings. The van der Waals surface area contributed by atoms with Crippen LogP contribution in [0.4, 0.5) is 0 Å². The number of aliphatic hydroxyl groups is 10. The van der Waals surface area contributed by atoms with Crippen molar-refractivity contribution < 1.29 is 65.4 Å². The van der Waals surface area contributed by atoms with Gasteiger partial charge in [-0.25, -0.2) is 0 Å². The van der Waals surface area contributed by atoms with Gasteiger partial charge in [-0.1, -0.05) is 0 Å².